The molecule has 0 spiro atoms. The highest BCUT2D eigenvalue weighted by atomic mass is 16.4. The number of fused-ring (bicyclic) bond motifs is 3. The number of pyridine rings is 1. The minimum absolute atomic E-state index is 0.0192. The van der Waals surface area contributed by atoms with Crippen molar-refractivity contribution < 1.29 is 9.90 Å². The van der Waals surface area contributed by atoms with E-state index in [-0.39, 0.29) is 17.6 Å². The second-order valence-electron chi connectivity index (χ2n) is 11.3. The van der Waals surface area contributed by atoms with Crippen molar-refractivity contribution in [3.8, 4) is 0 Å². The van der Waals surface area contributed by atoms with Crippen molar-refractivity contribution >= 4 is 33.8 Å². The van der Waals surface area contributed by atoms with Gasteiger partial charge in [0.05, 0.1) is 0 Å². The fourth-order valence-electron chi connectivity index (χ4n) is 5.97. The lowest BCUT2D eigenvalue weighted by Crippen LogP contribution is -2.43. The van der Waals surface area contributed by atoms with Crippen LogP contribution in [0.15, 0.2) is 29.2 Å². The predicted octanol–water partition coefficient (Wildman–Crippen LogP) is 3.27. The standard InChI is InChI=1S/C28H37N7O3/c1-33-10-12-34(13-11-33)17-19-4-9-22-23(14-19)26(36)35(21-7-5-20(6-8-21)31-28(37)38)25-24(22)16-30-27(32-25)29-15-18-2-3-18/h4,9,14,16,18,20-21,31H,2-3,5-8,10-13,15,17H2,1H3,(H,37,38)(H,29,30,32). The lowest BCUT2D eigenvalue weighted by molar-refractivity contribution is 0.148. The van der Waals surface area contributed by atoms with Crippen molar-refractivity contribution in [2.75, 3.05) is 45.1 Å². The summed E-state index contributed by atoms with van der Waals surface area (Å²) >= 11 is 0. The zero-order valence-corrected chi connectivity index (χ0v) is 22.0. The molecular formula is C28H37N7O3. The molecule has 2 aliphatic carbocycles. The first-order valence-electron chi connectivity index (χ1n) is 13.9. The molecule has 3 N–H and O–H groups in total. The van der Waals surface area contributed by atoms with Gasteiger partial charge in [-0.25, -0.2) is 9.78 Å². The number of carbonyl (C=O) groups is 1. The molecule has 2 saturated carbocycles. The number of nitrogens with one attached hydrogen (secondary N) is 2. The minimum atomic E-state index is -0.992. The zero-order chi connectivity index (χ0) is 26.2. The Morgan fingerprint density at radius 2 is 1.79 bits per heavy atom. The molecule has 38 heavy (non-hydrogen) atoms. The van der Waals surface area contributed by atoms with Gasteiger partial charge in [0, 0.05) is 68.3 Å². The lowest BCUT2D eigenvalue weighted by Gasteiger charge is -2.32. The third-order valence-corrected chi connectivity index (χ3v) is 8.46. The van der Waals surface area contributed by atoms with E-state index >= 15 is 0 Å². The molecule has 3 heterocycles. The molecule has 0 radical (unpaired) electrons. The van der Waals surface area contributed by atoms with Crippen LogP contribution in [0.4, 0.5) is 10.7 Å². The molecule has 1 amide bonds. The van der Waals surface area contributed by atoms with Crippen LogP contribution < -0.4 is 16.2 Å². The smallest absolute Gasteiger partial charge is 0.404 e. The number of carboxylic acid groups (broad SMARTS) is 1. The average Bonchev–Trinajstić information content (AvgIpc) is 3.74. The van der Waals surface area contributed by atoms with Gasteiger partial charge in [0.2, 0.25) is 5.95 Å². The highest BCUT2D eigenvalue weighted by Gasteiger charge is 2.27. The maximum atomic E-state index is 14.1. The van der Waals surface area contributed by atoms with Crippen molar-refractivity contribution in [2.24, 2.45) is 5.92 Å². The summed E-state index contributed by atoms with van der Waals surface area (Å²) in [5.74, 6) is 1.24. The van der Waals surface area contributed by atoms with Gasteiger partial charge in [-0.3, -0.25) is 14.3 Å². The molecule has 0 unspecified atom stereocenters. The zero-order valence-electron chi connectivity index (χ0n) is 22.0. The molecule has 3 aromatic rings. The maximum Gasteiger partial charge on any atom is 0.404 e. The third kappa shape index (κ3) is 5.33. The summed E-state index contributed by atoms with van der Waals surface area (Å²) in [6.45, 7) is 5.83. The molecule has 6 rings (SSSR count). The van der Waals surface area contributed by atoms with E-state index in [1.54, 1.807) is 0 Å². The van der Waals surface area contributed by atoms with Crippen LogP contribution in [0, 0.1) is 5.92 Å². The average molecular weight is 520 g/mol. The highest BCUT2D eigenvalue weighted by Crippen LogP contribution is 2.33. The molecule has 2 aromatic heterocycles. The summed E-state index contributed by atoms with van der Waals surface area (Å²) in [7, 11) is 2.15. The van der Waals surface area contributed by atoms with Crippen molar-refractivity contribution in [3.05, 3.63) is 40.3 Å². The molecule has 202 valence electrons. The largest absolute Gasteiger partial charge is 0.465 e. The molecule has 1 aliphatic heterocycles. The normalized spacial score (nSPS) is 23.1. The van der Waals surface area contributed by atoms with E-state index < -0.39 is 6.09 Å². The minimum Gasteiger partial charge on any atom is -0.465 e. The van der Waals surface area contributed by atoms with Crippen molar-refractivity contribution in [1.82, 2.24) is 29.7 Å². The number of aromatic nitrogens is 3. The van der Waals surface area contributed by atoms with Gasteiger partial charge in [0.15, 0.2) is 0 Å². The van der Waals surface area contributed by atoms with E-state index in [1.165, 1.54) is 12.8 Å². The fraction of sp³-hybridized carbons (Fsp3) is 0.571. The highest BCUT2D eigenvalue weighted by molar-refractivity contribution is 6.04. The molecule has 1 saturated heterocycles. The number of amides is 1. The van der Waals surface area contributed by atoms with Crippen LogP contribution in [0.2, 0.25) is 0 Å². The molecule has 0 atom stereocenters. The third-order valence-electron chi connectivity index (χ3n) is 8.46. The molecule has 3 aliphatic rings. The van der Waals surface area contributed by atoms with Gasteiger partial charge in [-0.2, -0.15) is 4.98 Å². The summed E-state index contributed by atoms with van der Waals surface area (Å²) in [6.07, 6.45) is 6.18. The van der Waals surface area contributed by atoms with Crippen LogP contribution in [0.25, 0.3) is 21.8 Å². The summed E-state index contributed by atoms with van der Waals surface area (Å²) in [5.41, 5.74) is 1.79. The predicted molar refractivity (Wildman–Crippen MR) is 148 cm³/mol. The number of hydrogen-bond acceptors (Lipinski definition) is 7. The van der Waals surface area contributed by atoms with Crippen LogP contribution >= 0.6 is 0 Å². The van der Waals surface area contributed by atoms with Crippen LogP contribution in [-0.2, 0) is 6.54 Å². The van der Waals surface area contributed by atoms with Gasteiger partial charge in [0.1, 0.15) is 5.65 Å². The number of piperazine rings is 1. The summed E-state index contributed by atoms with van der Waals surface area (Å²) in [4.78, 5) is 39.5. The Kier molecular flexibility index (Phi) is 6.92. The summed E-state index contributed by atoms with van der Waals surface area (Å²) in [6, 6.07) is 6.14. The van der Waals surface area contributed by atoms with Crippen LogP contribution in [-0.4, -0.2) is 81.3 Å². The molecule has 0 bridgehead atoms. The van der Waals surface area contributed by atoms with Gasteiger partial charge in [-0.15, -0.1) is 0 Å². The van der Waals surface area contributed by atoms with Crippen molar-refractivity contribution in [3.63, 3.8) is 0 Å². The second-order valence-corrected chi connectivity index (χ2v) is 11.3. The first-order chi connectivity index (χ1) is 18.4. The summed E-state index contributed by atoms with van der Waals surface area (Å²) in [5, 5.41) is 17.6. The van der Waals surface area contributed by atoms with Crippen molar-refractivity contribution in [2.45, 2.75) is 57.2 Å². The quantitative estimate of drug-likeness (QED) is 0.408. The Morgan fingerprint density at radius 1 is 1.03 bits per heavy atom. The number of anilines is 1. The molecule has 3 fully saturated rings. The van der Waals surface area contributed by atoms with Gasteiger partial charge in [0.25, 0.3) is 5.56 Å². The Labute approximate surface area is 222 Å². The number of benzene rings is 1. The molecule has 1 aromatic carbocycles. The Hall–Kier alpha value is -3.24. The van der Waals surface area contributed by atoms with E-state index in [2.05, 4.69) is 50.7 Å². The molecule has 10 nitrogen and oxygen atoms in total. The fourth-order valence-corrected chi connectivity index (χ4v) is 5.97. The van der Waals surface area contributed by atoms with Gasteiger partial charge in [-0.05, 0) is 68.5 Å². The number of rotatable bonds is 7. The monoisotopic (exact) mass is 519 g/mol. The van der Waals surface area contributed by atoms with E-state index in [0.717, 1.165) is 68.4 Å². The van der Waals surface area contributed by atoms with Gasteiger partial charge in [-0.1, -0.05) is 12.1 Å². The molecule has 10 heteroatoms. The first kappa shape index (κ1) is 25.1. The number of hydrogen-bond donors (Lipinski definition) is 3. The van der Waals surface area contributed by atoms with E-state index in [0.29, 0.717) is 35.7 Å². The Bertz CT molecular complexity index is 1390. The summed E-state index contributed by atoms with van der Waals surface area (Å²) < 4.78 is 1.87. The lowest BCUT2D eigenvalue weighted by atomic mass is 9.90. The second kappa shape index (κ2) is 10.5. The van der Waals surface area contributed by atoms with E-state index in [4.69, 9.17) is 10.1 Å². The van der Waals surface area contributed by atoms with Crippen LogP contribution in [0.5, 0.6) is 0 Å². The SMILES string of the molecule is CN1CCN(Cc2ccc3c(c2)c(=O)n(C2CCC(NC(=O)O)CC2)c2nc(NCC4CC4)ncc32)CC1. The van der Waals surface area contributed by atoms with E-state index in [1.807, 2.05) is 10.8 Å². The van der Waals surface area contributed by atoms with Gasteiger partial charge >= 0.3 is 6.09 Å². The number of nitrogens with zero attached hydrogens (tertiary/aromatic N) is 5. The topological polar surface area (TPSA) is 116 Å². The van der Waals surface area contributed by atoms with E-state index in [9.17, 15) is 9.59 Å². The van der Waals surface area contributed by atoms with Crippen molar-refractivity contribution in [1.29, 1.82) is 0 Å². The number of likely N-dealkylation sites (N-methyl/N-ethyl adjacent to an activating group) is 1. The Morgan fingerprint density at radius 3 is 2.50 bits per heavy atom. The first-order valence-corrected chi connectivity index (χ1v) is 13.9. The Balaban J connectivity index is 1.38. The van der Waals surface area contributed by atoms with Gasteiger partial charge < -0.3 is 20.6 Å². The maximum absolute atomic E-state index is 14.1. The molecular weight excluding hydrogens is 482 g/mol. The van der Waals surface area contributed by atoms with Crippen LogP contribution in [0.1, 0.15) is 50.1 Å². The van der Waals surface area contributed by atoms with Crippen LogP contribution in [0.3, 0.4) is 0 Å².